The van der Waals surface area contributed by atoms with E-state index in [1.165, 1.54) is 4.31 Å². The van der Waals surface area contributed by atoms with Crippen LogP contribution in [0.15, 0.2) is 0 Å². The van der Waals surface area contributed by atoms with Gasteiger partial charge in [0.1, 0.15) is 0 Å². The van der Waals surface area contributed by atoms with Gasteiger partial charge in [0.2, 0.25) is 10.0 Å². The molecule has 1 rings (SSSR count). The lowest BCUT2D eigenvalue weighted by atomic mass is 10.2. The Labute approximate surface area is 97.0 Å². The molecule has 0 amide bonds. The largest absolute Gasteiger partial charge is 0.361 e. The van der Waals surface area contributed by atoms with E-state index >= 15 is 0 Å². The zero-order valence-corrected chi connectivity index (χ0v) is 10.5. The van der Waals surface area contributed by atoms with Gasteiger partial charge >= 0.3 is 0 Å². The maximum absolute atomic E-state index is 11.9. The molecule has 0 aromatic carbocycles. The van der Waals surface area contributed by atoms with Crippen molar-refractivity contribution in [2.75, 3.05) is 25.4 Å². The summed E-state index contributed by atoms with van der Waals surface area (Å²) in [5.74, 6) is 0.519. The zero-order valence-electron chi connectivity index (χ0n) is 9.72. The van der Waals surface area contributed by atoms with Gasteiger partial charge in [-0.3, -0.25) is 0 Å². The van der Waals surface area contributed by atoms with Crippen LogP contribution in [0.1, 0.15) is 20.3 Å². The van der Waals surface area contributed by atoms with E-state index in [0.29, 0.717) is 25.5 Å². The van der Waals surface area contributed by atoms with Crippen LogP contribution in [0, 0.1) is 17.2 Å². The van der Waals surface area contributed by atoms with E-state index in [0.717, 1.165) is 0 Å². The molecule has 0 aromatic heterocycles. The Balaban J connectivity index is 2.58. The Kier molecular flexibility index (Phi) is 4.71. The van der Waals surface area contributed by atoms with Gasteiger partial charge in [0, 0.05) is 6.54 Å². The first-order valence-corrected chi connectivity index (χ1v) is 7.05. The van der Waals surface area contributed by atoms with E-state index in [4.69, 9.17) is 10.00 Å². The van der Waals surface area contributed by atoms with Gasteiger partial charge in [0.25, 0.3) is 0 Å². The maximum atomic E-state index is 11.9. The fourth-order valence-corrected chi connectivity index (χ4v) is 3.21. The predicted molar refractivity (Wildman–Crippen MR) is 60.2 cm³/mol. The minimum atomic E-state index is -3.22. The average molecular weight is 246 g/mol. The SMILES string of the molecule is CC(C)CCS(=O)(=O)N1CCOC(C#N)C1. The van der Waals surface area contributed by atoms with Crippen LogP contribution in [0.3, 0.4) is 0 Å². The smallest absolute Gasteiger partial charge is 0.214 e. The lowest BCUT2D eigenvalue weighted by molar-refractivity contribution is 0.0311. The van der Waals surface area contributed by atoms with E-state index in [2.05, 4.69) is 0 Å². The summed E-state index contributed by atoms with van der Waals surface area (Å²) in [6.07, 6.45) is 0.0271. The van der Waals surface area contributed by atoms with Gasteiger partial charge in [-0.2, -0.15) is 9.57 Å². The van der Waals surface area contributed by atoms with E-state index in [1.54, 1.807) is 0 Å². The third-order valence-electron chi connectivity index (χ3n) is 2.52. The molecule has 1 saturated heterocycles. The normalized spacial score (nSPS) is 23.2. The number of hydrogen-bond donors (Lipinski definition) is 0. The minimum absolute atomic E-state index is 0.156. The van der Waals surface area contributed by atoms with E-state index in [1.807, 2.05) is 19.9 Å². The molecule has 1 fully saturated rings. The van der Waals surface area contributed by atoms with Crippen molar-refractivity contribution in [1.29, 1.82) is 5.26 Å². The Morgan fingerprint density at radius 2 is 2.25 bits per heavy atom. The summed E-state index contributed by atoms with van der Waals surface area (Å²) >= 11 is 0. The summed E-state index contributed by atoms with van der Waals surface area (Å²) in [5, 5.41) is 8.70. The van der Waals surface area contributed by atoms with Gasteiger partial charge in [0.05, 0.1) is 25.0 Å². The van der Waals surface area contributed by atoms with Crippen LogP contribution in [0.5, 0.6) is 0 Å². The quantitative estimate of drug-likeness (QED) is 0.727. The van der Waals surface area contributed by atoms with Crippen LogP contribution in [0.2, 0.25) is 0 Å². The molecule has 1 heterocycles. The standard InChI is InChI=1S/C10H18N2O3S/c1-9(2)3-6-16(13,14)12-4-5-15-10(7-11)8-12/h9-10H,3-6,8H2,1-2H3. The van der Waals surface area contributed by atoms with E-state index < -0.39 is 16.1 Å². The molecule has 0 aliphatic carbocycles. The van der Waals surface area contributed by atoms with Crippen molar-refractivity contribution in [3.8, 4) is 6.07 Å². The van der Waals surface area contributed by atoms with Gasteiger partial charge in [-0.05, 0) is 12.3 Å². The molecule has 0 spiro atoms. The third-order valence-corrected chi connectivity index (χ3v) is 4.39. The van der Waals surface area contributed by atoms with Crippen molar-refractivity contribution in [2.45, 2.75) is 26.4 Å². The zero-order chi connectivity index (χ0) is 12.2. The van der Waals surface area contributed by atoms with Crippen LogP contribution >= 0.6 is 0 Å². The molecule has 0 radical (unpaired) electrons. The van der Waals surface area contributed by atoms with Gasteiger partial charge in [-0.25, -0.2) is 8.42 Å². The molecule has 6 heteroatoms. The van der Waals surface area contributed by atoms with Crippen LogP contribution < -0.4 is 0 Å². The number of hydrogen-bond acceptors (Lipinski definition) is 4. The molecule has 1 atom stereocenters. The average Bonchev–Trinajstić information content (AvgIpc) is 2.27. The fraction of sp³-hybridized carbons (Fsp3) is 0.900. The summed E-state index contributed by atoms with van der Waals surface area (Å²) in [6, 6.07) is 1.94. The van der Waals surface area contributed by atoms with Gasteiger partial charge < -0.3 is 4.74 Å². The second kappa shape index (κ2) is 5.62. The van der Waals surface area contributed by atoms with Crippen LogP contribution in [0.4, 0.5) is 0 Å². The fourth-order valence-electron chi connectivity index (χ4n) is 1.47. The Morgan fingerprint density at radius 1 is 1.56 bits per heavy atom. The van der Waals surface area contributed by atoms with E-state index in [9.17, 15) is 8.42 Å². The highest BCUT2D eigenvalue weighted by atomic mass is 32.2. The highest BCUT2D eigenvalue weighted by Crippen LogP contribution is 2.12. The molecule has 16 heavy (non-hydrogen) atoms. The highest BCUT2D eigenvalue weighted by Gasteiger charge is 2.29. The van der Waals surface area contributed by atoms with Gasteiger partial charge in [-0.1, -0.05) is 13.8 Å². The molecule has 5 nitrogen and oxygen atoms in total. The number of sulfonamides is 1. The molecular formula is C10H18N2O3S. The van der Waals surface area contributed by atoms with Crippen LogP contribution in [0.25, 0.3) is 0 Å². The minimum Gasteiger partial charge on any atom is -0.361 e. The predicted octanol–water partition coefficient (Wildman–Crippen LogP) is 0.587. The second-order valence-corrected chi connectivity index (χ2v) is 6.43. The van der Waals surface area contributed by atoms with Crippen LogP contribution in [-0.2, 0) is 14.8 Å². The summed E-state index contributed by atoms with van der Waals surface area (Å²) in [4.78, 5) is 0. The summed E-state index contributed by atoms with van der Waals surface area (Å²) < 4.78 is 30.3. The van der Waals surface area contributed by atoms with Gasteiger partial charge in [-0.15, -0.1) is 0 Å². The highest BCUT2D eigenvalue weighted by molar-refractivity contribution is 7.89. The van der Waals surface area contributed by atoms with Crippen LogP contribution in [-0.4, -0.2) is 44.3 Å². The summed E-state index contributed by atoms with van der Waals surface area (Å²) in [7, 11) is -3.22. The number of nitrogens with zero attached hydrogens (tertiary/aromatic N) is 2. The molecule has 1 aliphatic rings. The van der Waals surface area contributed by atoms with Crippen molar-refractivity contribution in [1.82, 2.24) is 4.31 Å². The molecule has 0 saturated carbocycles. The molecule has 0 bridgehead atoms. The molecule has 0 N–H and O–H groups in total. The first-order valence-electron chi connectivity index (χ1n) is 5.44. The van der Waals surface area contributed by atoms with Gasteiger partial charge in [0.15, 0.2) is 6.10 Å². The summed E-state index contributed by atoms with van der Waals surface area (Å²) in [6.45, 7) is 4.81. The monoisotopic (exact) mass is 246 g/mol. The number of rotatable bonds is 4. The Morgan fingerprint density at radius 3 is 2.81 bits per heavy atom. The number of nitriles is 1. The molecular weight excluding hydrogens is 228 g/mol. The van der Waals surface area contributed by atoms with Crippen molar-refractivity contribution in [2.24, 2.45) is 5.92 Å². The lowest BCUT2D eigenvalue weighted by Crippen LogP contribution is -2.46. The summed E-state index contributed by atoms with van der Waals surface area (Å²) in [5.41, 5.74) is 0. The van der Waals surface area contributed by atoms with E-state index in [-0.39, 0.29) is 12.3 Å². The molecule has 1 unspecified atom stereocenters. The van der Waals surface area contributed by atoms with Crippen molar-refractivity contribution >= 4 is 10.0 Å². The Hall–Kier alpha value is -0.640. The lowest BCUT2D eigenvalue weighted by Gasteiger charge is -2.29. The number of ether oxygens (including phenoxy) is 1. The van der Waals surface area contributed by atoms with Crippen molar-refractivity contribution in [3.05, 3.63) is 0 Å². The Bertz CT molecular complexity index is 359. The number of morpholine rings is 1. The first-order chi connectivity index (χ1) is 7.45. The first kappa shape index (κ1) is 13.4. The molecule has 92 valence electrons. The molecule has 1 aliphatic heterocycles. The second-order valence-electron chi connectivity index (χ2n) is 4.35. The van der Waals surface area contributed by atoms with Crippen molar-refractivity contribution < 1.29 is 13.2 Å². The van der Waals surface area contributed by atoms with Crippen molar-refractivity contribution in [3.63, 3.8) is 0 Å². The maximum Gasteiger partial charge on any atom is 0.214 e. The topological polar surface area (TPSA) is 70.4 Å². The third kappa shape index (κ3) is 3.74. The molecule has 0 aromatic rings.